The highest BCUT2D eigenvalue weighted by molar-refractivity contribution is 5.88. The first kappa shape index (κ1) is 16.4. The highest BCUT2D eigenvalue weighted by atomic mass is 16.1. The van der Waals surface area contributed by atoms with Gasteiger partial charge in [-0.15, -0.1) is 0 Å². The highest BCUT2D eigenvalue weighted by Crippen LogP contribution is 2.23. The number of carbonyl (C=O) groups excluding carboxylic acids is 1. The lowest BCUT2D eigenvalue weighted by Gasteiger charge is -2.10. The lowest BCUT2D eigenvalue weighted by Crippen LogP contribution is -2.05. The van der Waals surface area contributed by atoms with Crippen molar-refractivity contribution in [1.29, 1.82) is 0 Å². The second-order valence-corrected chi connectivity index (χ2v) is 5.31. The van der Waals surface area contributed by atoms with Crippen LogP contribution in [0.2, 0.25) is 0 Å². The molecule has 7 heteroatoms. The van der Waals surface area contributed by atoms with Crippen molar-refractivity contribution in [3.63, 3.8) is 0 Å². The number of nitrogens with zero attached hydrogens (tertiary/aromatic N) is 3. The van der Waals surface area contributed by atoms with Crippen LogP contribution >= 0.6 is 0 Å². The van der Waals surface area contributed by atoms with E-state index in [9.17, 15) is 4.79 Å². The summed E-state index contributed by atoms with van der Waals surface area (Å²) in [5.41, 5.74) is 3.08. The minimum absolute atomic E-state index is 0.102. The second kappa shape index (κ2) is 7.39. The largest absolute Gasteiger partial charge is 0.357 e. The molecule has 126 valence electrons. The molecule has 2 aromatic heterocycles. The maximum Gasteiger partial charge on any atom is 0.225 e. The highest BCUT2D eigenvalue weighted by Gasteiger charge is 2.07. The fourth-order valence-electron chi connectivity index (χ4n) is 2.26. The summed E-state index contributed by atoms with van der Waals surface area (Å²) in [5.74, 6) is 1.04. The summed E-state index contributed by atoms with van der Waals surface area (Å²) in [6.07, 6.45) is 1.73. The Balaban J connectivity index is 1.85. The third-order valence-electron chi connectivity index (χ3n) is 3.35. The average molecular weight is 334 g/mol. The van der Waals surface area contributed by atoms with Gasteiger partial charge in [0.05, 0.1) is 11.4 Å². The smallest absolute Gasteiger partial charge is 0.225 e. The van der Waals surface area contributed by atoms with E-state index < -0.39 is 0 Å². The topological polar surface area (TPSA) is 91.8 Å². The Labute approximate surface area is 145 Å². The van der Waals surface area contributed by atoms with Gasteiger partial charge in [-0.25, -0.2) is 4.98 Å². The Kier molecular flexibility index (Phi) is 4.84. The first-order valence-corrected chi connectivity index (χ1v) is 7.77. The average Bonchev–Trinajstić information content (AvgIpc) is 2.63. The molecule has 0 unspecified atom stereocenters. The molecule has 1 amide bonds. The van der Waals surface area contributed by atoms with E-state index in [1.165, 1.54) is 6.92 Å². The Morgan fingerprint density at radius 1 is 0.960 bits per heavy atom. The zero-order chi connectivity index (χ0) is 17.6. The maximum atomic E-state index is 11.1. The van der Waals surface area contributed by atoms with E-state index in [0.29, 0.717) is 11.8 Å². The standard InChI is InChI=1S/C18H18N6O/c1-12(25)21-13-6-8-14(9-7-13)22-17-11-16(23-18(19-2)24-17)15-5-3-4-10-20-15/h3-11H,1-2H3,(H,21,25)(H2,19,22,23,24). The van der Waals surface area contributed by atoms with E-state index in [1.54, 1.807) is 13.2 Å². The molecule has 7 nitrogen and oxygen atoms in total. The Bertz CT molecular complexity index is 864. The first-order chi connectivity index (χ1) is 12.1. The molecule has 0 radical (unpaired) electrons. The monoisotopic (exact) mass is 334 g/mol. The Morgan fingerprint density at radius 2 is 1.72 bits per heavy atom. The number of carbonyl (C=O) groups is 1. The number of nitrogens with one attached hydrogen (secondary N) is 3. The predicted octanol–water partition coefficient (Wildman–Crippen LogP) is 3.28. The molecule has 3 rings (SSSR count). The molecule has 0 saturated carbocycles. The summed E-state index contributed by atoms with van der Waals surface area (Å²) in [6, 6.07) is 14.9. The number of rotatable bonds is 5. The normalized spacial score (nSPS) is 10.2. The van der Waals surface area contributed by atoms with Gasteiger partial charge in [0, 0.05) is 37.6 Å². The van der Waals surface area contributed by atoms with Crippen molar-refractivity contribution in [1.82, 2.24) is 15.0 Å². The summed E-state index contributed by atoms with van der Waals surface area (Å²) < 4.78 is 0. The number of hydrogen-bond acceptors (Lipinski definition) is 6. The van der Waals surface area contributed by atoms with Gasteiger partial charge in [-0.1, -0.05) is 6.07 Å². The summed E-state index contributed by atoms with van der Waals surface area (Å²) >= 11 is 0. The molecule has 0 fully saturated rings. The summed E-state index contributed by atoms with van der Waals surface area (Å²) in [6.45, 7) is 1.48. The van der Waals surface area contributed by atoms with Crippen LogP contribution in [0.25, 0.3) is 11.4 Å². The van der Waals surface area contributed by atoms with Crippen LogP contribution in [0.4, 0.5) is 23.1 Å². The van der Waals surface area contributed by atoms with Gasteiger partial charge in [0.2, 0.25) is 11.9 Å². The van der Waals surface area contributed by atoms with E-state index >= 15 is 0 Å². The van der Waals surface area contributed by atoms with E-state index in [-0.39, 0.29) is 5.91 Å². The van der Waals surface area contributed by atoms with Crippen LogP contribution in [0.5, 0.6) is 0 Å². The van der Waals surface area contributed by atoms with Crippen LogP contribution in [0.3, 0.4) is 0 Å². The van der Waals surface area contributed by atoms with Crippen molar-refractivity contribution in [2.75, 3.05) is 23.0 Å². The van der Waals surface area contributed by atoms with Crippen LogP contribution in [0.15, 0.2) is 54.7 Å². The molecule has 0 aliphatic rings. The molecule has 0 aliphatic carbocycles. The molecule has 3 aromatic rings. The van der Waals surface area contributed by atoms with Gasteiger partial charge in [0.25, 0.3) is 0 Å². The van der Waals surface area contributed by atoms with Gasteiger partial charge < -0.3 is 16.0 Å². The lowest BCUT2D eigenvalue weighted by molar-refractivity contribution is -0.114. The molecule has 2 heterocycles. The molecule has 0 bridgehead atoms. The van der Waals surface area contributed by atoms with Crippen molar-refractivity contribution < 1.29 is 4.79 Å². The molecule has 0 aliphatic heterocycles. The Hall–Kier alpha value is -3.48. The number of aromatic nitrogens is 3. The fraction of sp³-hybridized carbons (Fsp3) is 0.111. The van der Waals surface area contributed by atoms with Crippen LogP contribution < -0.4 is 16.0 Å². The molecule has 25 heavy (non-hydrogen) atoms. The van der Waals surface area contributed by atoms with Crippen molar-refractivity contribution in [3.8, 4) is 11.4 Å². The van der Waals surface area contributed by atoms with E-state index in [0.717, 1.165) is 22.8 Å². The third kappa shape index (κ3) is 4.29. The molecular weight excluding hydrogens is 316 g/mol. The second-order valence-electron chi connectivity index (χ2n) is 5.31. The van der Waals surface area contributed by atoms with Gasteiger partial charge in [0.1, 0.15) is 5.82 Å². The zero-order valence-electron chi connectivity index (χ0n) is 13.9. The summed E-state index contributed by atoms with van der Waals surface area (Å²) in [5, 5.41) is 8.93. The third-order valence-corrected chi connectivity index (χ3v) is 3.35. The number of amides is 1. The molecule has 0 saturated heterocycles. The van der Waals surface area contributed by atoms with Gasteiger partial charge >= 0.3 is 0 Å². The van der Waals surface area contributed by atoms with Crippen LogP contribution in [-0.4, -0.2) is 27.9 Å². The number of hydrogen-bond donors (Lipinski definition) is 3. The molecular formula is C18H18N6O. The van der Waals surface area contributed by atoms with Crippen LogP contribution in [0, 0.1) is 0 Å². The van der Waals surface area contributed by atoms with E-state index in [2.05, 4.69) is 30.9 Å². The number of anilines is 4. The van der Waals surface area contributed by atoms with Gasteiger partial charge in [-0.05, 0) is 36.4 Å². The lowest BCUT2D eigenvalue weighted by atomic mass is 10.2. The van der Waals surface area contributed by atoms with Gasteiger partial charge in [-0.3, -0.25) is 9.78 Å². The van der Waals surface area contributed by atoms with Crippen molar-refractivity contribution >= 4 is 29.0 Å². The fourth-order valence-corrected chi connectivity index (χ4v) is 2.26. The Morgan fingerprint density at radius 3 is 2.36 bits per heavy atom. The quantitative estimate of drug-likeness (QED) is 0.663. The molecule has 3 N–H and O–H groups in total. The van der Waals surface area contributed by atoms with Crippen molar-refractivity contribution in [2.45, 2.75) is 6.92 Å². The summed E-state index contributed by atoms with van der Waals surface area (Å²) in [4.78, 5) is 24.3. The SMILES string of the molecule is CNc1nc(Nc2ccc(NC(C)=O)cc2)cc(-c2ccccn2)n1. The number of benzene rings is 1. The maximum absolute atomic E-state index is 11.1. The first-order valence-electron chi connectivity index (χ1n) is 7.77. The van der Waals surface area contributed by atoms with Crippen LogP contribution in [-0.2, 0) is 4.79 Å². The molecule has 0 spiro atoms. The zero-order valence-corrected chi connectivity index (χ0v) is 13.9. The minimum Gasteiger partial charge on any atom is -0.357 e. The summed E-state index contributed by atoms with van der Waals surface area (Å²) in [7, 11) is 1.77. The predicted molar refractivity (Wildman–Crippen MR) is 98.8 cm³/mol. The molecule has 0 atom stereocenters. The van der Waals surface area contributed by atoms with Crippen molar-refractivity contribution in [2.24, 2.45) is 0 Å². The van der Waals surface area contributed by atoms with Gasteiger partial charge in [-0.2, -0.15) is 4.98 Å². The number of pyridine rings is 1. The molecule has 1 aromatic carbocycles. The minimum atomic E-state index is -0.102. The van der Waals surface area contributed by atoms with Crippen LogP contribution in [0.1, 0.15) is 6.92 Å². The van der Waals surface area contributed by atoms with E-state index in [4.69, 9.17) is 0 Å². The van der Waals surface area contributed by atoms with Crippen molar-refractivity contribution in [3.05, 3.63) is 54.7 Å². The van der Waals surface area contributed by atoms with Gasteiger partial charge in [0.15, 0.2) is 0 Å². The van der Waals surface area contributed by atoms with E-state index in [1.807, 2.05) is 48.5 Å².